The molecule has 3 rings (SSSR count). The Morgan fingerprint density at radius 1 is 1.52 bits per heavy atom. The highest BCUT2D eigenvalue weighted by molar-refractivity contribution is 7.92. The van der Waals surface area contributed by atoms with E-state index in [1.54, 1.807) is 12.1 Å². The number of fused-ring (bicyclic) bond motifs is 1. The Hall–Kier alpha value is -3.12. The predicted molar refractivity (Wildman–Crippen MR) is 92.1 cm³/mol. The lowest BCUT2D eigenvalue weighted by molar-refractivity contribution is 0.553. The van der Waals surface area contributed by atoms with E-state index in [0.717, 1.165) is 16.4 Å². The number of alkyl halides is 1. The molecule has 0 bridgehead atoms. The van der Waals surface area contributed by atoms with Crippen LogP contribution in [0.25, 0.3) is 16.6 Å². The minimum Gasteiger partial charge on any atom is -0.358 e. The zero-order valence-corrected chi connectivity index (χ0v) is 14.1. The first-order valence-electron chi connectivity index (χ1n) is 7.19. The number of sulfonamides is 1. The van der Waals surface area contributed by atoms with Gasteiger partial charge in [0.1, 0.15) is 17.6 Å². The fourth-order valence-electron chi connectivity index (χ4n) is 2.48. The molecule has 0 unspecified atom stereocenters. The van der Waals surface area contributed by atoms with Gasteiger partial charge in [-0.2, -0.15) is 10.4 Å². The van der Waals surface area contributed by atoms with Gasteiger partial charge in [-0.05, 0) is 18.6 Å². The van der Waals surface area contributed by atoms with Gasteiger partial charge >= 0.3 is 0 Å². The second kappa shape index (κ2) is 6.07. The van der Waals surface area contributed by atoms with E-state index in [9.17, 15) is 12.8 Å². The lowest BCUT2D eigenvalue weighted by atomic mass is 10.1. The molecule has 0 radical (unpaired) electrons. The van der Waals surface area contributed by atoms with Gasteiger partial charge in [-0.25, -0.2) is 17.5 Å². The smallest absolute Gasteiger partial charge is 0.265 e. The summed E-state index contributed by atoms with van der Waals surface area (Å²) in [7, 11) is -3.94. The number of hydrogen-bond acceptors (Lipinski definition) is 4. The molecule has 9 heteroatoms. The Bertz CT molecular complexity index is 1120. The van der Waals surface area contributed by atoms with Crippen molar-refractivity contribution in [2.45, 2.75) is 11.8 Å². The summed E-state index contributed by atoms with van der Waals surface area (Å²) in [6.45, 7) is 4.45. The standard InChI is InChI=1S/C16H14FN5O2S/c1-10-3-4-14(16-15(10)12(6-18)7-19-16)21-25(23,24)13-8-20-22(9-13)11(2)5-17/h3-4,7-9,19,21H,2,5H2,1H3. The summed E-state index contributed by atoms with van der Waals surface area (Å²) in [6.07, 6.45) is 3.83. The van der Waals surface area contributed by atoms with Crippen molar-refractivity contribution < 1.29 is 12.8 Å². The Morgan fingerprint density at radius 2 is 2.28 bits per heavy atom. The van der Waals surface area contributed by atoms with Crippen molar-refractivity contribution in [1.82, 2.24) is 14.8 Å². The summed E-state index contributed by atoms with van der Waals surface area (Å²) in [5.74, 6) is 0. The highest BCUT2D eigenvalue weighted by Crippen LogP contribution is 2.29. The fourth-order valence-corrected chi connectivity index (χ4v) is 3.48. The monoisotopic (exact) mass is 359 g/mol. The molecule has 0 aliphatic carbocycles. The van der Waals surface area contributed by atoms with Gasteiger partial charge in [-0.1, -0.05) is 12.6 Å². The number of rotatable bonds is 5. The average Bonchev–Trinajstić information content (AvgIpc) is 3.24. The summed E-state index contributed by atoms with van der Waals surface area (Å²) in [5.41, 5.74) is 2.13. The number of allylic oxidation sites excluding steroid dienone is 1. The molecule has 128 valence electrons. The van der Waals surface area contributed by atoms with Gasteiger partial charge in [0.05, 0.1) is 34.9 Å². The lowest BCUT2D eigenvalue weighted by Gasteiger charge is -2.09. The first-order chi connectivity index (χ1) is 11.9. The zero-order chi connectivity index (χ0) is 18.2. The van der Waals surface area contributed by atoms with Gasteiger partial charge in [0, 0.05) is 11.6 Å². The number of aryl methyl sites for hydroxylation is 1. The van der Waals surface area contributed by atoms with Gasteiger partial charge in [0.25, 0.3) is 10.0 Å². The number of aromatic amines is 1. The first-order valence-corrected chi connectivity index (χ1v) is 8.68. The molecule has 0 fully saturated rings. The predicted octanol–water partition coefficient (Wildman–Crippen LogP) is 2.79. The van der Waals surface area contributed by atoms with Gasteiger partial charge in [0.15, 0.2) is 0 Å². The number of aromatic nitrogens is 3. The molecule has 2 heterocycles. The first kappa shape index (κ1) is 16.7. The van der Waals surface area contributed by atoms with Crippen LogP contribution in [0.15, 0.2) is 42.2 Å². The molecule has 0 aliphatic rings. The molecule has 0 amide bonds. The second-order valence-corrected chi connectivity index (χ2v) is 7.10. The van der Waals surface area contributed by atoms with Gasteiger partial charge in [-0.15, -0.1) is 0 Å². The molecule has 0 saturated carbocycles. The molecule has 2 aromatic heterocycles. The Morgan fingerprint density at radius 3 is 2.96 bits per heavy atom. The van der Waals surface area contributed by atoms with E-state index in [-0.39, 0.29) is 10.6 Å². The number of H-pyrrole nitrogens is 1. The van der Waals surface area contributed by atoms with Gasteiger partial charge in [0.2, 0.25) is 0 Å². The molecule has 25 heavy (non-hydrogen) atoms. The molecule has 2 N–H and O–H groups in total. The normalized spacial score (nSPS) is 11.4. The van der Waals surface area contributed by atoms with Crippen molar-refractivity contribution in [3.05, 3.63) is 48.4 Å². The molecule has 1 aromatic carbocycles. The molecule has 7 nitrogen and oxygen atoms in total. The third kappa shape index (κ3) is 2.88. The SMILES string of the molecule is C=C(CF)n1cc(S(=O)(=O)Nc2ccc(C)c3c(C#N)c[nH]c23)cn1. The third-order valence-corrected chi connectivity index (χ3v) is 5.08. The lowest BCUT2D eigenvalue weighted by Crippen LogP contribution is -2.12. The Labute approximate surface area is 143 Å². The van der Waals surface area contributed by atoms with Crippen molar-refractivity contribution in [2.24, 2.45) is 0 Å². The molecule has 0 saturated heterocycles. The van der Waals surface area contributed by atoms with Crippen molar-refractivity contribution in [1.29, 1.82) is 5.26 Å². The largest absolute Gasteiger partial charge is 0.358 e. The van der Waals surface area contributed by atoms with Crippen LogP contribution in [0.5, 0.6) is 0 Å². The Balaban J connectivity index is 2.02. The van der Waals surface area contributed by atoms with Crippen LogP contribution in [-0.2, 0) is 10.0 Å². The number of halogens is 1. The van der Waals surface area contributed by atoms with Crippen molar-refractivity contribution in [3.8, 4) is 6.07 Å². The highest BCUT2D eigenvalue weighted by Gasteiger charge is 2.20. The summed E-state index contributed by atoms with van der Waals surface area (Å²) in [6, 6.07) is 5.40. The third-order valence-electron chi connectivity index (χ3n) is 3.76. The van der Waals surface area contributed by atoms with Crippen LogP contribution in [0, 0.1) is 18.3 Å². The van der Waals surface area contributed by atoms with Crippen LogP contribution < -0.4 is 4.72 Å². The maximum absolute atomic E-state index is 12.6. The van der Waals surface area contributed by atoms with E-state index in [2.05, 4.69) is 27.5 Å². The van der Waals surface area contributed by atoms with Crippen molar-refractivity contribution in [2.75, 3.05) is 11.4 Å². The number of nitriles is 1. The van der Waals surface area contributed by atoms with Gasteiger partial charge in [-0.3, -0.25) is 4.72 Å². The van der Waals surface area contributed by atoms with E-state index >= 15 is 0 Å². The molecule has 0 spiro atoms. The van der Waals surface area contributed by atoms with Crippen LogP contribution in [0.1, 0.15) is 11.1 Å². The van der Waals surface area contributed by atoms with Gasteiger partial charge < -0.3 is 4.98 Å². The zero-order valence-electron chi connectivity index (χ0n) is 13.2. The van der Waals surface area contributed by atoms with E-state index < -0.39 is 16.7 Å². The molecule has 0 aliphatic heterocycles. The van der Waals surface area contributed by atoms with Crippen LogP contribution in [0.2, 0.25) is 0 Å². The minimum atomic E-state index is -3.94. The topological polar surface area (TPSA) is 104 Å². The second-order valence-electron chi connectivity index (χ2n) is 5.42. The molecule has 0 atom stereocenters. The maximum Gasteiger partial charge on any atom is 0.265 e. The number of benzene rings is 1. The van der Waals surface area contributed by atoms with Crippen LogP contribution >= 0.6 is 0 Å². The summed E-state index contributed by atoms with van der Waals surface area (Å²) >= 11 is 0. The Kier molecular flexibility index (Phi) is 4.06. The fraction of sp³-hybridized carbons (Fsp3) is 0.125. The van der Waals surface area contributed by atoms with E-state index in [1.165, 1.54) is 12.4 Å². The number of nitrogens with zero attached hydrogens (tertiary/aromatic N) is 3. The van der Waals surface area contributed by atoms with Crippen molar-refractivity contribution in [3.63, 3.8) is 0 Å². The van der Waals surface area contributed by atoms with E-state index in [4.69, 9.17) is 5.26 Å². The molecular weight excluding hydrogens is 345 g/mol. The number of anilines is 1. The summed E-state index contributed by atoms with van der Waals surface area (Å²) < 4.78 is 41.3. The maximum atomic E-state index is 12.6. The van der Waals surface area contributed by atoms with E-state index in [1.807, 2.05) is 6.92 Å². The quantitative estimate of drug-likeness (QED) is 0.731. The molecular formula is C16H14FN5O2S. The average molecular weight is 359 g/mol. The number of nitrogens with one attached hydrogen (secondary N) is 2. The minimum absolute atomic E-state index is 0.0298. The van der Waals surface area contributed by atoms with Crippen LogP contribution in [-0.4, -0.2) is 29.9 Å². The van der Waals surface area contributed by atoms with Crippen LogP contribution in [0.3, 0.4) is 0 Å². The highest BCUT2D eigenvalue weighted by atomic mass is 32.2. The molecule has 3 aromatic rings. The van der Waals surface area contributed by atoms with E-state index in [0.29, 0.717) is 22.2 Å². The summed E-state index contributed by atoms with van der Waals surface area (Å²) in [4.78, 5) is 2.80. The number of hydrogen-bond donors (Lipinski definition) is 2. The van der Waals surface area contributed by atoms with Crippen LogP contribution in [0.4, 0.5) is 10.1 Å². The van der Waals surface area contributed by atoms with Crippen molar-refractivity contribution >= 4 is 32.3 Å². The summed E-state index contributed by atoms with van der Waals surface area (Å²) in [5, 5.41) is 13.6.